The van der Waals surface area contributed by atoms with Gasteiger partial charge in [0.2, 0.25) is 0 Å². The Bertz CT molecular complexity index is 671. The number of nitrogens with zero attached hydrogens (tertiary/aromatic N) is 2. The Kier molecular flexibility index (Phi) is 2.31. The van der Waals surface area contributed by atoms with E-state index in [2.05, 4.69) is 4.98 Å². The molecule has 0 saturated heterocycles. The molecule has 1 heterocycles. The van der Waals surface area contributed by atoms with Crippen LogP contribution in [0.15, 0.2) is 23.1 Å². The lowest BCUT2D eigenvalue weighted by atomic mass is 10.3. The molecule has 0 aliphatic carbocycles. The predicted octanol–water partition coefficient (Wildman–Crippen LogP) is 0.789. The van der Waals surface area contributed by atoms with Crippen molar-refractivity contribution >= 4 is 27.2 Å². The summed E-state index contributed by atoms with van der Waals surface area (Å²) in [6.07, 6.45) is 1.73. The molecule has 0 radical (unpaired) electrons. The molecule has 2 rings (SSSR count). The van der Waals surface area contributed by atoms with Gasteiger partial charge in [0.1, 0.15) is 5.52 Å². The molecule has 0 unspecified atom stereocenters. The fourth-order valence-electron chi connectivity index (χ4n) is 1.61. The van der Waals surface area contributed by atoms with Crippen molar-refractivity contribution in [2.45, 2.75) is 4.90 Å². The molecule has 0 saturated carbocycles. The average molecular weight is 238 g/mol. The highest BCUT2D eigenvalue weighted by molar-refractivity contribution is 7.91. The molecule has 0 amide bonds. The summed E-state index contributed by atoms with van der Waals surface area (Å²) in [7, 11) is -1.66. The Hall–Kier alpha value is -1.69. The summed E-state index contributed by atoms with van der Waals surface area (Å²) in [5.41, 5.74) is 0.972. The van der Waals surface area contributed by atoms with Gasteiger partial charge in [-0.3, -0.25) is 4.79 Å². The summed E-state index contributed by atoms with van der Waals surface area (Å²) in [4.78, 5) is 14.9. The van der Waals surface area contributed by atoms with Crippen LogP contribution >= 0.6 is 0 Å². The fraction of sp³-hybridized carbons (Fsp3) is 0.200. The smallest absolute Gasteiger partial charge is 0.185 e. The van der Waals surface area contributed by atoms with E-state index in [4.69, 9.17) is 0 Å². The second-order valence-corrected chi connectivity index (χ2v) is 5.53. The van der Waals surface area contributed by atoms with E-state index in [1.54, 1.807) is 23.7 Å². The standard InChI is InChI=1S/C10H10N2O3S/c1-12-7-4-3-5-8(16(2,14)15)10(7)11-9(12)6-13/h3-6H,1-2H3. The number of aromatic nitrogens is 2. The Morgan fingerprint density at radius 2 is 2.06 bits per heavy atom. The molecule has 6 heteroatoms. The predicted molar refractivity (Wildman–Crippen MR) is 59.2 cm³/mol. The first-order valence-electron chi connectivity index (χ1n) is 4.56. The van der Waals surface area contributed by atoms with Crippen molar-refractivity contribution in [2.75, 3.05) is 6.26 Å². The van der Waals surface area contributed by atoms with E-state index < -0.39 is 9.84 Å². The van der Waals surface area contributed by atoms with Gasteiger partial charge in [-0.2, -0.15) is 0 Å². The lowest BCUT2D eigenvalue weighted by molar-refractivity contribution is 0.111. The number of carbonyl (C=O) groups is 1. The Balaban J connectivity index is 2.95. The number of rotatable bonds is 2. The van der Waals surface area contributed by atoms with Crippen LogP contribution in [0.5, 0.6) is 0 Å². The van der Waals surface area contributed by atoms with Crippen LogP contribution in [0.25, 0.3) is 11.0 Å². The SMILES string of the molecule is Cn1c(C=O)nc2c(S(C)(=O)=O)cccc21. The molecule has 1 aromatic heterocycles. The second kappa shape index (κ2) is 3.41. The number of fused-ring (bicyclic) bond motifs is 1. The Morgan fingerprint density at radius 3 is 2.62 bits per heavy atom. The first-order valence-corrected chi connectivity index (χ1v) is 6.45. The van der Waals surface area contributed by atoms with Gasteiger partial charge in [-0.1, -0.05) is 6.07 Å². The van der Waals surface area contributed by atoms with Gasteiger partial charge in [0.05, 0.1) is 10.4 Å². The van der Waals surface area contributed by atoms with Crippen molar-refractivity contribution in [1.29, 1.82) is 0 Å². The lowest BCUT2D eigenvalue weighted by Gasteiger charge is -1.99. The molecule has 0 N–H and O–H groups in total. The largest absolute Gasteiger partial charge is 0.325 e. The highest BCUT2D eigenvalue weighted by atomic mass is 32.2. The van der Waals surface area contributed by atoms with Gasteiger partial charge < -0.3 is 4.57 Å². The maximum atomic E-state index is 11.5. The maximum absolute atomic E-state index is 11.5. The quantitative estimate of drug-likeness (QED) is 0.725. The van der Waals surface area contributed by atoms with Gasteiger partial charge in [0.25, 0.3) is 0 Å². The molecule has 0 aliphatic rings. The van der Waals surface area contributed by atoms with Gasteiger partial charge >= 0.3 is 0 Å². The highest BCUT2D eigenvalue weighted by Gasteiger charge is 2.16. The number of hydrogen-bond donors (Lipinski definition) is 0. The van der Waals surface area contributed by atoms with Crippen molar-refractivity contribution in [3.63, 3.8) is 0 Å². The minimum Gasteiger partial charge on any atom is -0.325 e. The van der Waals surface area contributed by atoms with E-state index in [1.165, 1.54) is 6.07 Å². The molecule has 0 aliphatic heterocycles. The number of hydrogen-bond acceptors (Lipinski definition) is 4. The van der Waals surface area contributed by atoms with Crippen LogP contribution in [-0.2, 0) is 16.9 Å². The number of sulfone groups is 1. The van der Waals surface area contributed by atoms with E-state index in [9.17, 15) is 13.2 Å². The molecular weight excluding hydrogens is 228 g/mol. The van der Waals surface area contributed by atoms with Crippen molar-refractivity contribution in [2.24, 2.45) is 7.05 Å². The van der Waals surface area contributed by atoms with Crippen LogP contribution < -0.4 is 0 Å². The number of aryl methyl sites for hydroxylation is 1. The summed E-state index contributed by atoms with van der Waals surface area (Å²) in [6.45, 7) is 0. The minimum atomic E-state index is -3.33. The van der Waals surface area contributed by atoms with Crippen LogP contribution in [0.3, 0.4) is 0 Å². The van der Waals surface area contributed by atoms with Crippen LogP contribution in [0, 0.1) is 0 Å². The molecule has 16 heavy (non-hydrogen) atoms. The third-order valence-corrected chi connectivity index (χ3v) is 3.54. The van der Waals surface area contributed by atoms with E-state index in [1.807, 2.05) is 0 Å². The monoisotopic (exact) mass is 238 g/mol. The molecule has 0 fully saturated rings. The van der Waals surface area contributed by atoms with Gasteiger partial charge in [-0.25, -0.2) is 13.4 Å². The van der Waals surface area contributed by atoms with E-state index in [-0.39, 0.29) is 10.7 Å². The molecule has 2 aromatic rings. The van der Waals surface area contributed by atoms with Gasteiger partial charge in [0.15, 0.2) is 21.9 Å². The van der Waals surface area contributed by atoms with Crippen LogP contribution in [0.1, 0.15) is 10.6 Å². The third-order valence-electron chi connectivity index (χ3n) is 2.41. The zero-order chi connectivity index (χ0) is 11.9. The lowest BCUT2D eigenvalue weighted by Crippen LogP contribution is -1.98. The van der Waals surface area contributed by atoms with Crippen molar-refractivity contribution in [3.8, 4) is 0 Å². The van der Waals surface area contributed by atoms with Crippen molar-refractivity contribution in [3.05, 3.63) is 24.0 Å². The first kappa shape index (κ1) is 10.8. The van der Waals surface area contributed by atoms with Gasteiger partial charge in [0, 0.05) is 13.3 Å². The van der Waals surface area contributed by atoms with E-state index >= 15 is 0 Å². The molecule has 0 atom stereocenters. The number of aldehydes is 1. The zero-order valence-electron chi connectivity index (χ0n) is 8.84. The van der Waals surface area contributed by atoms with Crippen LogP contribution in [-0.4, -0.2) is 30.5 Å². The summed E-state index contributed by atoms with van der Waals surface area (Å²) >= 11 is 0. The Morgan fingerprint density at radius 1 is 1.38 bits per heavy atom. The summed E-state index contributed by atoms with van der Waals surface area (Å²) in [5.74, 6) is 0.214. The van der Waals surface area contributed by atoms with Gasteiger partial charge in [-0.05, 0) is 12.1 Å². The van der Waals surface area contributed by atoms with Gasteiger partial charge in [-0.15, -0.1) is 0 Å². The molecular formula is C10H10N2O3S. The molecule has 0 bridgehead atoms. The third kappa shape index (κ3) is 1.51. The zero-order valence-corrected chi connectivity index (χ0v) is 9.65. The first-order chi connectivity index (χ1) is 7.45. The average Bonchev–Trinajstić information content (AvgIpc) is 2.54. The highest BCUT2D eigenvalue weighted by Crippen LogP contribution is 2.22. The maximum Gasteiger partial charge on any atom is 0.185 e. The Labute approximate surface area is 92.6 Å². The minimum absolute atomic E-state index is 0.147. The number of para-hydroxylation sites is 1. The van der Waals surface area contributed by atoms with E-state index in [0.717, 1.165) is 6.26 Å². The molecule has 84 valence electrons. The van der Waals surface area contributed by atoms with Crippen LogP contribution in [0.4, 0.5) is 0 Å². The number of imidazole rings is 1. The fourth-order valence-corrected chi connectivity index (χ4v) is 2.44. The molecule has 1 aromatic carbocycles. The summed E-state index contributed by atoms with van der Waals surface area (Å²) < 4.78 is 24.6. The van der Waals surface area contributed by atoms with Crippen LogP contribution in [0.2, 0.25) is 0 Å². The van der Waals surface area contributed by atoms with Crippen molar-refractivity contribution in [1.82, 2.24) is 9.55 Å². The molecule has 5 nitrogen and oxygen atoms in total. The molecule has 0 spiro atoms. The van der Waals surface area contributed by atoms with E-state index in [0.29, 0.717) is 17.3 Å². The topological polar surface area (TPSA) is 69.0 Å². The normalized spacial score (nSPS) is 11.9. The number of benzene rings is 1. The van der Waals surface area contributed by atoms with Crippen molar-refractivity contribution < 1.29 is 13.2 Å². The summed E-state index contributed by atoms with van der Waals surface area (Å²) in [6, 6.07) is 4.85. The second-order valence-electron chi connectivity index (χ2n) is 3.54. The summed E-state index contributed by atoms with van der Waals surface area (Å²) in [5, 5.41) is 0. The number of carbonyl (C=O) groups excluding carboxylic acids is 1.